The number of carboxylic acid groups (broad SMARTS) is 1. The van der Waals surface area contributed by atoms with E-state index >= 15 is 0 Å². The summed E-state index contributed by atoms with van der Waals surface area (Å²) in [5.41, 5.74) is 0.620. The smallest absolute Gasteiger partial charge is 0.409 e. The van der Waals surface area contributed by atoms with Crippen LogP contribution in [0.4, 0.5) is 9.59 Å². The van der Waals surface area contributed by atoms with Crippen LogP contribution < -0.4 is 5.32 Å². The monoisotopic (exact) mass is 358 g/mol. The lowest BCUT2D eigenvalue weighted by Crippen LogP contribution is -2.49. The van der Waals surface area contributed by atoms with Gasteiger partial charge >= 0.3 is 12.2 Å². The van der Waals surface area contributed by atoms with E-state index in [9.17, 15) is 23.1 Å². The number of carbonyl (C=O) groups excluding carboxylic acids is 1. The van der Waals surface area contributed by atoms with Crippen LogP contribution in [-0.4, -0.2) is 49.4 Å². The molecule has 1 unspecified atom stereocenters. The third kappa shape index (κ3) is 3.44. The maximum Gasteiger partial charge on any atom is 0.409 e. The number of benzene rings is 1. The van der Waals surface area contributed by atoms with Crippen LogP contribution in [0.5, 0.6) is 0 Å². The first-order valence-corrected chi connectivity index (χ1v) is 8.23. The second-order valence-corrected chi connectivity index (χ2v) is 6.75. The van der Waals surface area contributed by atoms with Crippen LogP contribution >= 0.6 is 0 Å². The van der Waals surface area contributed by atoms with Gasteiger partial charge in [-0.05, 0) is 24.1 Å². The largest absolute Gasteiger partial charge is 0.465 e. The van der Waals surface area contributed by atoms with Gasteiger partial charge in [-0.15, -0.1) is 0 Å². The molecule has 10 heteroatoms. The molecule has 1 aromatic rings. The number of amides is 2. The molecule has 9 nitrogen and oxygen atoms in total. The summed E-state index contributed by atoms with van der Waals surface area (Å²) in [7, 11) is -4.17. The summed E-state index contributed by atoms with van der Waals surface area (Å²) in [6, 6.07) is 4.81. The molecule has 2 N–H and O–H groups in total. The number of nitrogens with zero attached hydrogens (tertiary/aromatic N) is 1. The summed E-state index contributed by atoms with van der Waals surface area (Å²) in [6.07, 6.45) is -3.22. The summed E-state index contributed by atoms with van der Waals surface area (Å²) in [5.74, 6) is 0. The van der Waals surface area contributed by atoms with Gasteiger partial charge in [0.1, 0.15) is 6.61 Å². The van der Waals surface area contributed by atoms with Crippen LogP contribution in [0.2, 0.25) is 0 Å². The third-order valence-corrected chi connectivity index (χ3v) is 4.99. The van der Waals surface area contributed by atoms with Gasteiger partial charge in [-0.25, -0.2) is 13.8 Å². The predicted octanol–water partition coefficient (Wildman–Crippen LogP) is 1.35. The minimum absolute atomic E-state index is 0. The predicted molar refractivity (Wildman–Crippen MR) is 81.7 cm³/mol. The molecule has 1 aromatic carbocycles. The molecule has 0 spiro atoms. The summed E-state index contributed by atoms with van der Waals surface area (Å²) < 4.78 is 34.8. The van der Waals surface area contributed by atoms with E-state index in [1.165, 1.54) is 24.3 Å². The molecule has 3 aliphatic heterocycles. The maximum absolute atomic E-state index is 12.3. The number of alkyl carbamates (subject to hydrolysis) is 1. The van der Waals surface area contributed by atoms with E-state index in [0.717, 1.165) is 4.90 Å². The Bertz CT molecular complexity index is 732. The highest BCUT2D eigenvalue weighted by molar-refractivity contribution is 7.86. The van der Waals surface area contributed by atoms with Crippen LogP contribution in [0.1, 0.15) is 19.4 Å². The Kier molecular flexibility index (Phi) is 4.99. The topological polar surface area (TPSA) is 122 Å². The van der Waals surface area contributed by atoms with Crippen molar-refractivity contribution < 1.29 is 32.0 Å². The zero-order valence-electron chi connectivity index (χ0n) is 11.8. The lowest BCUT2D eigenvalue weighted by atomic mass is 10.2. The summed E-state index contributed by atoms with van der Waals surface area (Å²) in [6.45, 7) is 0.0197. The van der Waals surface area contributed by atoms with Crippen molar-refractivity contribution in [3.05, 3.63) is 29.8 Å². The quantitative estimate of drug-likeness (QED) is 0.671. The molecule has 0 aromatic heterocycles. The van der Waals surface area contributed by atoms with Gasteiger partial charge < -0.3 is 15.2 Å². The van der Waals surface area contributed by atoms with Gasteiger partial charge in [0, 0.05) is 6.54 Å². The molecule has 3 heterocycles. The molecule has 2 atom stereocenters. The van der Waals surface area contributed by atoms with Gasteiger partial charge in [0.05, 0.1) is 10.9 Å². The molecule has 0 aliphatic carbocycles. The molecule has 4 rings (SSSR count). The average Bonchev–Trinajstić information content (AvgIpc) is 2.87. The highest BCUT2D eigenvalue weighted by atomic mass is 32.2. The highest BCUT2D eigenvalue weighted by Crippen LogP contribution is 2.25. The molecule has 1 saturated heterocycles. The van der Waals surface area contributed by atoms with E-state index in [1.54, 1.807) is 0 Å². The van der Waals surface area contributed by atoms with Crippen molar-refractivity contribution in [1.29, 1.82) is 0 Å². The zero-order chi connectivity index (χ0) is 16.6. The Balaban J connectivity index is 0.00000208. The van der Waals surface area contributed by atoms with E-state index in [-0.39, 0.29) is 31.9 Å². The number of rotatable bonds is 0. The van der Waals surface area contributed by atoms with Gasteiger partial charge in [0.25, 0.3) is 10.1 Å². The zero-order valence-corrected chi connectivity index (χ0v) is 12.7. The van der Waals surface area contributed by atoms with Gasteiger partial charge in [-0.3, -0.25) is 4.90 Å². The number of ether oxygens (including phenoxy) is 1. The van der Waals surface area contributed by atoms with Crippen molar-refractivity contribution in [2.24, 2.45) is 0 Å². The Hall–Kier alpha value is -2.33. The standard InChI is InChI=1S/C13H14N2O7S.CH4/c16-12-14-10-5-6-15(13(17)18)11(10)22-23(19,20)9-3-1-8(2-4-9)7-21-12;/h1-4,10-11H,5-7H2,(H,14,16)(H,17,18);1H4/t10-,11?;/m1./s1. The van der Waals surface area contributed by atoms with Gasteiger partial charge in [-0.1, -0.05) is 19.6 Å². The Morgan fingerprint density at radius 1 is 1.29 bits per heavy atom. The fourth-order valence-electron chi connectivity index (χ4n) is 2.51. The highest BCUT2D eigenvalue weighted by Gasteiger charge is 2.42. The molecule has 132 valence electrons. The fourth-order valence-corrected chi connectivity index (χ4v) is 3.59. The van der Waals surface area contributed by atoms with Crippen LogP contribution in [-0.2, 0) is 25.6 Å². The molecular weight excluding hydrogens is 340 g/mol. The first-order chi connectivity index (χ1) is 10.9. The third-order valence-electron chi connectivity index (χ3n) is 3.69. The van der Waals surface area contributed by atoms with Crippen molar-refractivity contribution in [1.82, 2.24) is 10.2 Å². The van der Waals surface area contributed by atoms with Crippen molar-refractivity contribution in [3.63, 3.8) is 0 Å². The minimum Gasteiger partial charge on any atom is -0.465 e. The van der Waals surface area contributed by atoms with Crippen molar-refractivity contribution in [3.8, 4) is 0 Å². The van der Waals surface area contributed by atoms with E-state index in [4.69, 9.17) is 8.92 Å². The minimum atomic E-state index is -4.17. The maximum atomic E-state index is 12.3. The SMILES string of the molecule is C.O=C1N[C@@H]2CCN(C(=O)O)C2OS(=O)(=O)c2ccc(cc2)CO1. The first kappa shape index (κ1) is 18.0. The summed E-state index contributed by atoms with van der Waals surface area (Å²) in [5, 5.41) is 11.6. The molecule has 2 amide bonds. The van der Waals surface area contributed by atoms with Gasteiger partial charge in [0.2, 0.25) is 0 Å². The van der Waals surface area contributed by atoms with Gasteiger partial charge in [-0.2, -0.15) is 8.42 Å². The second-order valence-electron chi connectivity index (χ2n) is 5.18. The Morgan fingerprint density at radius 2 is 1.96 bits per heavy atom. The number of hydrogen-bond acceptors (Lipinski definition) is 6. The summed E-state index contributed by atoms with van der Waals surface area (Å²) >= 11 is 0. The molecule has 0 saturated carbocycles. The lowest BCUT2D eigenvalue weighted by Gasteiger charge is -2.26. The van der Waals surface area contributed by atoms with Crippen LogP contribution in [0.15, 0.2) is 29.2 Å². The normalized spacial score (nSPS) is 25.3. The van der Waals surface area contributed by atoms with Crippen molar-refractivity contribution in [2.75, 3.05) is 6.54 Å². The summed E-state index contributed by atoms with van der Waals surface area (Å²) in [4.78, 5) is 23.8. The van der Waals surface area contributed by atoms with Gasteiger partial charge in [0.15, 0.2) is 6.23 Å². The average molecular weight is 358 g/mol. The lowest BCUT2D eigenvalue weighted by molar-refractivity contribution is 0.0456. The Morgan fingerprint density at radius 3 is 2.58 bits per heavy atom. The number of hydrogen-bond donors (Lipinski definition) is 2. The number of likely N-dealkylation sites (tertiary alicyclic amines) is 1. The van der Waals surface area contributed by atoms with E-state index < -0.39 is 34.6 Å². The number of nitrogens with one attached hydrogen (secondary N) is 1. The second kappa shape index (κ2) is 6.65. The molecule has 3 aliphatic rings. The molecule has 0 radical (unpaired) electrons. The van der Waals surface area contributed by atoms with Crippen LogP contribution in [0.3, 0.4) is 0 Å². The molecular formula is C14H18N2O7S. The van der Waals surface area contributed by atoms with Crippen LogP contribution in [0, 0.1) is 0 Å². The fraction of sp³-hybridized carbons (Fsp3) is 0.429. The van der Waals surface area contributed by atoms with E-state index in [0.29, 0.717) is 5.56 Å². The first-order valence-electron chi connectivity index (χ1n) is 6.82. The van der Waals surface area contributed by atoms with E-state index in [1.807, 2.05) is 0 Å². The number of carbonyl (C=O) groups is 2. The van der Waals surface area contributed by atoms with Crippen molar-refractivity contribution >= 4 is 22.3 Å². The van der Waals surface area contributed by atoms with Crippen LogP contribution in [0.25, 0.3) is 0 Å². The molecule has 2 bridgehead atoms. The Labute approximate surface area is 139 Å². The molecule has 1 fully saturated rings. The molecule has 24 heavy (non-hydrogen) atoms. The number of fused-ring (bicyclic) bond motifs is 6. The van der Waals surface area contributed by atoms with Crippen molar-refractivity contribution in [2.45, 2.75) is 37.6 Å². The van der Waals surface area contributed by atoms with E-state index in [2.05, 4.69) is 5.32 Å².